The van der Waals surface area contributed by atoms with Crippen LogP contribution in [0.2, 0.25) is 0 Å². The van der Waals surface area contributed by atoms with Crippen LogP contribution in [0, 0.1) is 5.92 Å². The number of halogens is 1. The van der Waals surface area contributed by atoms with Gasteiger partial charge >= 0.3 is 0 Å². The van der Waals surface area contributed by atoms with E-state index >= 15 is 0 Å². The SMILES string of the molecule is CC(C)CN(CC(N)=O)CC(=O)c1cccc(Br)c1. The molecule has 0 radical (unpaired) electrons. The van der Waals surface area contributed by atoms with E-state index in [9.17, 15) is 9.59 Å². The first-order valence-corrected chi connectivity index (χ1v) is 6.97. The van der Waals surface area contributed by atoms with E-state index < -0.39 is 5.91 Å². The molecule has 19 heavy (non-hydrogen) atoms. The minimum Gasteiger partial charge on any atom is -0.369 e. The van der Waals surface area contributed by atoms with Crippen molar-refractivity contribution < 1.29 is 9.59 Å². The molecule has 0 aliphatic carbocycles. The van der Waals surface area contributed by atoms with Crippen molar-refractivity contribution in [2.45, 2.75) is 13.8 Å². The van der Waals surface area contributed by atoms with Crippen LogP contribution >= 0.6 is 15.9 Å². The summed E-state index contributed by atoms with van der Waals surface area (Å²) in [6.07, 6.45) is 0. The number of carbonyl (C=O) groups is 2. The van der Waals surface area contributed by atoms with Crippen LogP contribution < -0.4 is 5.73 Å². The Hall–Kier alpha value is -1.20. The van der Waals surface area contributed by atoms with Gasteiger partial charge in [-0.1, -0.05) is 41.9 Å². The number of hydrogen-bond acceptors (Lipinski definition) is 3. The minimum atomic E-state index is -0.414. The topological polar surface area (TPSA) is 63.4 Å². The molecular formula is C14H19BrN2O2. The van der Waals surface area contributed by atoms with Crippen molar-refractivity contribution >= 4 is 27.6 Å². The first-order chi connectivity index (χ1) is 8.88. The van der Waals surface area contributed by atoms with Crippen molar-refractivity contribution in [2.75, 3.05) is 19.6 Å². The van der Waals surface area contributed by atoms with E-state index in [2.05, 4.69) is 15.9 Å². The third kappa shape index (κ3) is 5.98. The van der Waals surface area contributed by atoms with Gasteiger partial charge in [0.05, 0.1) is 13.1 Å². The van der Waals surface area contributed by atoms with Gasteiger partial charge in [-0.25, -0.2) is 0 Å². The third-order valence-corrected chi connectivity index (χ3v) is 3.01. The summed E-state index contributed by atoms with van der Waals surface area (Å²) in [6.45, 7) is 5.06. The van der Waals surface area contributed by atoms with E-state index in [1.807, 2.05) is 26.0 Å². The summed E-state index contributed by atoms with van der Waals surface area (Å²) in [5, 5.41) is 0. The summed E-state index contributed by atoms with van der Waals surface area (Å²) in [7, 11) is 0. The largest absolute Gasteiger partial charge is 0.369 e. The number of nitrogens with zero attached hydrogens (tertiary/aromatic N) is 1. The van der Waals surface area contributed by atoms with Crippen LogP contribution in [-0.4, -0.2) is 36.2 Å². The number of amides is 1. The Morgan fingerprint density at radius 3 is 2.53 bits per heavy atom. The molecule has 0 spiro atoms. The monoisotopic (exact) mass is 326 g/mol. The zero-order chi connectivity index (χ0) is 14.4. The summed E-state index contributed by atoms with van der Waals surface area (Å²) in [4.78, 5) is 25.0. The van der Waals surface area contributed by atoms with Gasteiger partial charge < -0.3 is 5.73 Å². The Labute approximate surface area is 122 Å². The van der Waals surface area contributed by atoms with Crippen LogP contribution in [0.25, 0.3) is 0 Å². The van der Waals surface area contributed by atoms with Crippen molar-refractivity contribution in [1.29, 1.82) is 0 Å². The molecule has 4 nitrogen and oxygen atoms in total. The average Bonchev–Trinajstić information content (AvgIpc) is 2.26. The van der Waals surface area contributed by atoms with E-state index in [4.69, 9.17) is 5.73 Å². The maximum Gasteiger partial charge on any atom is 0.231 e. The van der Waals surface area contributed by atoms with Gasteiger partial charge in [-0.05, 0) is 18.1 Å². The summed E-state index contributed by atoms with van der Waals surface area (Å²) in [5.74, 6) is -0.0550. The van der Waals surface area contributed by atoms with Crippen LogP contribution in [0.1, 0.15) is 24.2 Å². The number of benzene rings is 1. The molecule has 1 rings (SSSR count). The Morgan fingerprint density at radius 1 is 1.32 bits per heavy atom. The number of carbonyl (C=O) groups excluding carboxylic acids is 2. The number of nitrogens with two attached hydrogens (primary N) is 1. The van der Waals surface area contributed by atoms with E-state index in [-0.39, 0.29) is 18.9 Å². The highest BCUT2D eigenvalue weighted by Crippen LogP contribution is 2.12. The third-order valence-electron chi connectivity index (χ3n) is 2.52. The first kappa shape index (κ1) is 15.9. The van der Waals surface area contributed by atoms with Crippen LogP contribution in [0.3, 0.4) is 0 Å². The lowest BCUT2D eigenvalue weighted by Crippen LogP contribution is -2.39. The van der Waals surface area contributed by atoms with E-state index in [1.165, 1.54) is 0 Å². The molecule has 0 unspecified atom stereocenters. The highest BCUT2D eigenvalue weighted by molar-refractivity contribution is 9.10. The summed E-state index contributed by atoms with van der Waals surface area (Å²) < 4.78 is 0.865. The van der Waals surface area contributed by atoms with Gasteiger partial charge in [-0.2, -0.15) is 0 Å². The molecule has 2 N–H and O–H groups in total. The van der Waals surface area contributed by atoms with E-state index in [0.717, 1.165) is 4.47 Å². The summed E-state index contributed by atoms with van der Waals surface area (Å²) in [5.41, 5.74) is 5.84. The summed E-state index contributed by atoms with van der Waals surface area (Å²) in [6, 6.07) is 7.23. The van der Waals surface area contributed by atoms with Gasteiger partial charge in [-0.15, -0.1) is 0 Å². The Morgan fingerprint density at radius 2 is 2.00 bits per heavy atom. The second kappa shape index (κ2) is 7.40. The molecule has 0 heterocycles. The lowest BCUT2D eigenvalue weighted by molar-refractivity contribution is -0.119. The molecular weight excluding hydrogens is 308 g/mol. The van der Waals surface area contributed by atoms with Crippen molar-refractivity contribution in [1.82, 2.24) is 4.90 Å². The lowest BCUT2D eigenvalue weighted by atomic mass is 10.1. The van der Waals surface area contributed by atoms with Crippen LogP contribution in [-0.2, 0) is 4.79 Å². The number of primary amides is 1. The molecule has 0 saturated carbocycles. The zero-order valence-corrected chi connectivity index (χ0v) is 12.8. The predicted octanol–water partition coefficient (Wildman–Crippen LogP) is 2.08. The van der Waals surface area contributed by atoms with E-state index in [0.29, 0.717) is 18.0 Å². The second-order valence-corrected chi connectivity index (χ2v) is 5.88. The fraction of sp³-hybridized carbons (Fsp3) is 0.429. The average molecular weight is 327 g/mol. The van der Waals surface area contributed by atoms with E-state index in [1.54, 1.807) is 17.0 Å². The smallest absolute Gasteiger partial charge is 0.231 e. The van der Waals surface area contributed by atoms with Gasteiger partial charge in [0.2, 0.25) is 5.91 Å². The molecule has 0 aliphatic rings. The number of Topliss-reactive ketones (excluding diaryl/α,β-unsaturated/α-hetero) is 1. The molecule has 1 amide bonds. The number of rotatable bonds is 7. The molecule has 0 atom stereocenters. The van der Waals surface area contributed by atoms with Gasteiger partial charge in [0.25, 0.3) is 0 Å². The maximum atomic E-state index is 12.2. The molecule has 0 bridgehead atoms. The Kier molecular flexibility index (Phi) is 6.18. The first-order valence-electron chi connectivity index (χ1n) is 6.18. The maximum absolute atomic E-state index is 12.2. The second-order valence-electron chi connectivity index (χ2n) is 4.96. The van der Waals surface area contributed by atoms with Crippen LogP contribution in [0.5, 0.6) is 0 Å². The molecule has 104 valence electrons. The predicted molar refractivity (Wildman–Crippen MR) is 78.9 cm³/mol. The van der Waals surface area contributed by atoms with Crippen molar-refractivity contribution in [3.63, 3.8) is 0 Å². The highest BCUT2D eigenvalue weighted by Gasteiger charge is 2.15. The van der Waals surface area contributed by atoms with Gasteiger partial charge in [0, 0.05) is 16.6 Å². The number of hydrogen-bond donors (Lipinski definition) is 1. The van der Waals surface area contributed by atoms with Gasteiger partial charge in [0.15, 0.2) is 5.78 Å². The fourth-order valence-corrected chi connectivity index (χ4v) is 2.28. The standard InChI is InChI=1S/C14H19BrN2O2/c1-10(2)7-17(9-14(16)19)8-13(18)11-4-3-5-12(15)6-11/h3-6,10H,7-9H2,1-2H3,(H2,16,19). The fourth-order valence-electron chi connectivity index (χ4n) is 1.88. The van der Waals surface area contributed by atoms with Crippen LogP contribution in [0.15, 0.2) is 28.7 Å². The van der Waals surface area contributed by atoms with Crippen molar-refractivity contribution in [2.24, 2.45) is 11.7 Å². The molecule has 0 fully saturated rings. The number of ketones is 1. The summed E-state index contributed by atoms with van der Waals surface area (Å²) >= 11 is 3.34. The minimum absolute atomic E-state index is 0.0109. The molecule has 5 heteroatoms. The Balaban J connectivity index is 2.72. The molecule has 0 saturated heterocycles. The Bertz CT molecular complexity index is 461. The lowest BCUT2D eigenvalue weighted by Gasteiger charge is -2.21. The van der Waals surface area contributed by atoms with Gasteiger partial charge in [-0.3, -0.25) is 14.5 Å². The molecule has 0 aromatic heterocycles. The highest BCUT2D eigenvalue weighted by atomic mass is 79.9. The van der Waals surface area contributed by atoms with Gasteiger partial charge in [0.1, 0.15) is 0 Å². The molecule has 0 aliphatic heterocycles. The van der Waals surface area contributed by atoms with Crippen LogP contribution in [0.4, 0.5) is 0 Å². The van der Waals surface area contributed by atoms with Crippen molar-refractivity contribution in [3.8, 4) is 0 Å². The quantitative estimate of drug-likeness (QED) is 0.780. The molecule has 1 aromatic carbocycles. The van der Waals surface area contributed by atoms with Crippen molar-refractivity contribution in [3.05, 3.63) is 34.3 Å². The zero-order valence-electron chi connectivity index (χ0n) is 11.2. The normalized spacial score (nSPS) is 11.0. The molecule has 1 aromatic rings.